The third kappa shape index (κ3) is 72.1. The Hall–Kier alpha value is -4.28. The number of aliphatic hydroxyl groups is 1. The van der Waals surface area contributed by atoms with Crippen LogP contribution < -0.4 is 0 Å². The van der Waals surface area contributed by atoms with Crippen LogP contribution in [0.4, 0.5) is 0 Å². The smallest absolute Gasteiger partial charge is 0.462 e. The third-order valence-corrected chi connectivity index (χ3v) is 18.1. The van der Waals surface area contributed by atoms with Crippen molar-refractivity contribution < 1.29 is 80.2 Å². The molecule has 17 nitrogen and oxygen atoms in total. The zero-order valence-electron chi connectivity index (χ0n) is 62.8. The highest BCUT2D eigenvalue weighted by atomic mass is 31.2. The van der Waals surface area contributed by atoms with Crippen LogP contribution in [0.1, 0.15) is 323 Å². The van der Waals surface area contributed by atoms with Crippen molar-refractivity contribution in [2.24, 2.45) is 0 Å². The van der Waals surface area contributed by atoms with Gasteiger partial charge in [-0.2, -0.15) is 0 Å². The summed E-state index contributed by atoms with van der Waals surface area (Å²) in [5, 5.41) is 10.6. The van der Waals surface area contributed by atoms with E-state index in [0.29, 0.717) is 38.5 Å². The summed E-state index contributed by atoms with van der Waals surface area (Å²) in [7, 11) is -9.99. The number of carbonyl (C=O) groups is 4. The summed E-state index contributed by atoms with van der Waals surface area (Å²) < 4.78 is 68.4. The first-order valence-electron chi connectivity index (χ1n) is 39.1. The number of carbonyl (C=O) groups excluding carboxylic acids is 4. The standard InChI is InChI=1S/C81H140O17P2/c1-5-9-13-17-21-25-29-33-35-37-39-43-47-51-55-59-63-67-80(85)97-76(71-91-78(83)65-61-57-53-49-45-41-31-27-23-19-15-11-7-3)73-95-99(87,88)93-69-75(82)70-94-100(89,90)96-74-77(72-92-79(84)66-62-58-54-50-46-42-32-28-24-20-16-12-8-4)98-81(86)68-64-60-56-52-48-44-40-38-36-34-30-26-22-18-14-10-6-2/h21-22,25-27,31,33-36,39-40,43-44,51-52,55-56,75-77,82H,5-20,23-24,28-30,32,37-38,41-42,45-50,53-54,57-74H2,1-4H3,(H,87,88)(H,89,90)/b25-21-,26-22-,31-27-,35-33-,36-34-,43-39-,44-40-,55-51-,56-52-/t75-,76+,77+/m0/s1. The first-order chi connectivity index (χ1) is 48.7. The molecule has 0 rings (SSSR count). The second kappa shape index (κ2) is 73.0. The van der Waals surface area contributed by atoms with Gasteiger partial charge in [-0.15, -0.1) is 0 Å². The van der Waals surface area contributed by atoms with Crippen molar-refractivity contribution in [1.82, 2.24) is 0 Å². The molecule has 0 saturated carbocycles. The summed E-state index contributed by atoms with van der Waals surface area (Å²) in [6, 6.07) is 0. The fourth-order valence-corrected chi connectivity index (χ4v) is 11.8. The number of phosphoric ester groups is 2. The van der Waals surface area contributed by atoms with Crippen LogP contribution in [0.15, 0.2) is 109 Å². The lowest BCUT2D eigenvalue weighted by Gasteiger charge is -2.21. The molecular weight excluding hydrogens is 1310 g/mol. The Labute approximate surface area is 607 Å². The summed E-state index contributed by atoms with van der Waals surface area (Å²) in [5.74, 6) is -2.31. The zero-order valence-corrected chi connectivity index (χ0v) is 64.6. The van der Waals surface area contributed by atoms with E-state index < -0.39 is 97.5 Å². The molecule has 0 aromatic rings. The maximum Gasteiger partial charge on any atom is 0.472 e. The van der Waals surface area contributed by atoms with Gasteiger partial charge in [0.15, 0.2) is 12.2 Å². The molecule has 0 aliphatic carbocycles. The van der Waals surface area contributed by atoms with Gasteiger partial charge in [-0.3, -0.25) is 37.3 Å². The molecule has 0 aliphatic heterocycles. The van der Waals surface area contributed by atoms with Gasteiger partial charge in [-0.1, -0.05) is 278 Å². The third-order valence-electron chi connectivity index (χ3n) is 16.2. The molecule has 19 heteroatoms. The molecule has 0 fully saturated rings. The molecule has 5 atom stereocenters. The van der Waals surface area contributed by atoms with Crippen molar-refractivity contribution in [1.29, 1.82) is 0 Å². The number of ether oxygens (including phenoxy) is 4. The molecular formula is C81H140O17P2. The molecule has 576 valence electrons. The SMILES string of the molecule is CCCCC/C=C\C/C=C\C/C=C\C/C=C\CCCC(=O)O[C@H](COC(=O)CCCCCCC/C=C\CCCCCC)COP(=O)(O)OC[C@H](O)COP(=O)(O)OC[C@@H](COC(=O)CCCCCCCCCCCCCCC)OC(=O)CCC/C=C\C/C=C\C/C=C\C/C=C\CCCCC. The van der Waals surface area contributed by atoms with Gasteiger partial charge in [-0.25, -0.2) is 9.13 Å². The second-order valence-corrected chi connectivity index (χ2v) is 28.9. The minimum atomic E-state index is -4.99. The van der Waals surface area contributed by atoms with Crippen LogP contribution in [0.2, 0.25) is 0 Å². The number of unbranched alkanes of at least 4 members (excludes halogenated alkanes) is 29. The molecule has 100 heavy (non-hydrogen) atoms. The van der Waals surface area contributed by atoms with E-state index in [2.05, 4.69) is 113 Å². The van der Waals surface area contributed by atoms with Gasteiger partial charge in [0.1, 0.15) is 19.3 Å². The van der Waals surface area contributed by atoms with Crippen LogP contribution in [-0.2, 0) is 65.4 Å². The number of aliphatic hydroxyl groups excluding tert-OH is 1. The largest absolute Gasteiger partial charge is 0.472 e. The van der Waals surface area contributed by atoms with Crippen molar-refractivity contribution in [2.45, 2.75) is 341 Å². The zero-order chi connectivity index (χ0) is 73.2. The summed E-state index contributed by atoms with van der Waals surface area (Å²) >= 11 is 0. The van der Waals surface area contributed by atoms with Crippen LogP contribution in [0.5, 0.6) is 0 Å². The number of hydrogen-bond acceptors (Lipinski definition) is 15. The van der Waals surface area contributed by atoms with E-state index in [9.17, 15) is 43.2 Å². The summed E-state index contributed by atoms with van der Waals surface area (Å²) in [5.41, 5.74) is 0. The quantitative estimate of drug-likeness (QED) is 0.0169. The lowest BCUT2D eigenvalue weighted by atomic mass is 10.0. The summed E-state index contributed by atoms with van der Waals surface area (Å²) in [6.45, 7) is 4.68. The van der Waals surface area contributed by atoms with E-state index in [1.165, 1.54) is 122 Å². The Morgan fingerprint density at radius 3 is 0.820 bits per heavy atom. The van der Waals surface area contributed by atoms with Crippen molar-refractivity contribution in [3.8, 4) is 0 Å². The molecule has 0 radical (unpaired) electrons. The van der Waals surface area contributed by atoms with Crippen LogP contribution >= 0.6 is 15.6 Å². The first-order valence-corrected chi connectivity index (χ1v) is 42.1. The van der Waals surface area contributed by atoms with E-state index in [1.54, 1.807) is 0 Å². The maximum atomic E-state index is 13.1. The molecule has 2 unspecified atom stereocenters. The van der Waals surface area contributed by atoms with Crippen molar-refractivity contribution >= 4 is 39.5 Å². The molecule has 0 aromatic carbocycles. The highest BCUT2D eigenvalue weighted by molar-refractivity contribution is 7.47. The Balaban J connectivity index is 5.45. The van der Waals surface area contributed by atoms with Gasteiger partial charge in [0.2, 0.25) is 0 Å². The Kier molecular flexibility index (Phi) is 69.9. The summed E-state index contributed by atoms with van der Waals surface area (Å²) in [6.07, 6.45) is 78.0. The van der Waals surface area contributed by atoms with Crippen LogP contribution in [0.25, 0.3) is 0 Å². The monoisotopic (exact) mass is 1450 g/mol. The fourth-order valence-electron chi connectivity index (χ4n) is 10.2. The summed E-state index contributed by atoms with van der Waals surface area (Å²) in [4.78, 5) is 72.8. The normalized spacial score (nSPS) is 14.5. The highest BCUT2D eigenvalue weighted by Crippen LogP contribution is 2.45. The predicted octanol–water partition coefficient (Wildman–Crippen LogP) is 22.6. The maximum absolute atomic E-state index is 13.1. The van der Waals surface area contributed by atoms with Crippen molar-refractivity contribution in [2.75, 3.05) is 39.6 Å². The molecule has 0 aromatic heterocycles. The van der Waals surface area contributed by atoms with Crippen molar-refractivity contribution in [3.05, 3.63) is 109 Å². The second-order valence-electron chi connectivity index (χ2n) is 25.9. The Morgan fingerprint density at radius 1 is 0.280 bits per heavy atom. The average Bonchev–Trinajstić information content (AvgIpc) is 0.959. The molecule has 0 spiro atoms. The van der Waals surface area contributed by atoms with E-state index in [4.69, 9.17) is 37.0 Å². The predicted molar refractivity (Wildman–Crippen MR) is 408 cm³/mol. The molecule has 0 bridgehead atoms. The topological polar surface area (TPSA) is 237 Å². The molecule has 0 amide bonds. The number of phosphoric acid groups is 2. The lowest BCUT2D eigenvalue weighted by Crippen LogP contribution is -2.30. The average molecular weight is 1450 g/mol. The van der Waals surface area contributed by atoms with Gasteiger partial charge in [0.25, 0.3) is 0 Å². The first kappa shape index (κ1) is 95.7. The minimum absolute atomic E-state index is 0.0156. The van der Waals surface area contributed by atoms with E-state index in [-0.39, 0.29) is 25.7 Å². The van der Waals surface area contributed by atoms with Crippen LogP contribution in [-0.4, -0.2) is 96.7 Å². The van der Waals surface area contributed by atoms with Gasteiger partial charge in [-0.05, 0) is 128 Å². The lowest BCUT2D eigenvalue weighted by molar-refractivity contribution is -0.161. The molecule has 0 heterocycles. The molecule has 0 aliphatic rings. The number of allylic oxidation sites excluding steroid dienone is 18. The van der Waals surface area contributed by atoms with Gasteiger partial charge in [0, 0.05) is 25.7 Å². The van der Waals surface area contributed by atoms with Gasteiger partial charge in [0.05, 0.1) is 26.4 Å². The minimum Gasteiger partial charge on any atom is -0.462 e. The number of hydrogen-bond donors (Lipinski definition) is 3. The van der Waals surface area contributed by atoms with Crippen LogP contribution in [0, 0.1) is 0 Å². The van der Waals surface area contributed by atoms with Crippen molar-refractivity contribution in [3.63, 3.8) is 0 Å². The van der Waals surface area contributed by atoms with E-state index >= 15 is 0 Å². The fraction of sp³-hybridized carbons (Fsp3) is 0.728. The Bertz CT molecular complexity index is 2320. The number of rotatable bonds is 73. The van der Waals surface area contributed by atoms with E-state index in [0.717, 1.165) is 109 Å². The molecule has 0 saturated heterocycles. The van der Waals surface area contributed by atoms with Gasteiger partial charge >= 0.3 is 39.5 Å². The van der Waals surface area contributed by atoms with Crippen LogP contribution in [0.3, 0.4) is 0 Å². The number of esters is 4. The van der Waals surface area contributed by atoms with E-state index in [1.807, 2.05) is 24.3 Å². The van der Waals surface area contributed by atoms with Gasteiger partial charge < -0.3 is 33.8 Å². The molecule has 3 N–H and O–H groups in total. The highest BCUT2D eigenvalue weighted by Gasteiger charge is 2.30. The Morgan fingerprint density at radius 2 is 0.500 bits per heavy atom.